The maximum Gasteiger partial charge on any atom is 0.230 e. The van der Waals surface area contributed by atoms with Gasteiger partial charge in [-0.05, 0) is 42.8 Å². The molecule has 1 N–H and O–H groups in total. The highest BCUT2D eigenvalue weighted by Crippen LogP contribution is 2.26. The molecule has 1 heterocycles. The molecule has 0 atom stereocenters. The summed E-state index contributed by atoms with van der Waals surface area (Å²) in [4.78, 5) is 16.4. The SMILES string of the molecule is CCOc1ccc(CC(=O)Nc2nc3ccc(F)cc3s2)cc1. The van der Waals surface area contributed by atoms with Gasteiger partial charge in [0.25, 0.3) is 0 Å². The molecule has 6 heteroatoms. The number of benzene rings is 2. The molecule has 3 rings (SSSR count). The van der Waals surface area contributed by atoms with Crippen LogP contribution in [-0.4, -0.2) is 17.5 Å². The molecule has 0 fully saturated rings. The van der Waals surface area contributed by atoms with Gasteiger partial charge in [0.2, 0.25) is 5.91 Å². The van der Waals surface area contributed by atoms with Gasteiger partial charge in [-0.15, -0.1) is 0 Å². The van der Waals surface area contributed by atoms with Crippen molar-refractivity contribution in [3.63, 3.8) is 0 Å². The molecule has 0 aliphatic carbocycles. The van der Waals surface area contributed by atoms with Crippen LogP contribution in [0.15, 0.2) is 42.5 Å². The minimum Gasteiger partial charge on any atom is -0.494 e. The van der Waals surface area contributed by atoms with Crippen LogP contribution in [0.5, 0.6) is 5.75 Å². The molecular weight excluding hydrogens is 315 g/mol. The van der Waals surface area contributed by atoms with Gasteiger partial charge >= 0.3 is 0 Å². The van der Waals surface area contributed by atoms with E-state index < -0.39 is 0 Å². The van der Waals surface area contributed by atoms with Gasteiger partial charge in [0.05, 0.1) is 23.2 Å². The number of anilines is 1. The smallest absolute Gasteiger partial charge is 0.230 e. The molecule has 3 aromatic rings. The van der Waals surface area contributed by atoms with E-state index in [-0.39, 0.29) is 18.1 Å². The van der Waals surface area contributed by atoms with Crippen LogP contribution in [0.2, 0.25) is 0 Å². The second kappa shape index (κ2) is 6.75. The molecule has 0 unspecified atom stereocenters. The van der Waals surface area contributed by atoms with Crippen molar-refractivity contribution < 1.29 is 13.9 Å². The highest BCUT2D eigenvalue weighted by Gasteiger charge is 2.09. The minimum absolute atomic E-state index is 0.159. The van der Waals surface area contributed by atoms with Crippen LogP contribution in [0, 0.1) is 5.82 Å². The molecule has 0 radical (unpaired) electrons. The minimum atomic E-state index is -0.312. The van der Waals surface area contributed by atoms with Crippen molar-refractivity contribution in [2.24, 2.45) is 0 Å². The lowest BCUT2D eigenvalue weighted by molar-refractivity contribution is -0.115. The van der Waals surface area contributed by atoms with Gasteiger partial charge in [-0.2, -0.15) is 0 Å². The first-order chi connectivity index (χ1) is 11.1. The first-order valence-electron chi connectivity index (χ1n) is 7.21. The third kappa shape index (κ3) is 3.84. The lowest BCUT2D eigenvalue weighted by atomic mass is 10.1. The van der Waals surface area contributed by atoms with E-state index in [1.54, 1.807) is 6.07 Å². The summed E-state index contributed by atoms with van der Waals surface area (Å²) in [5.74, 6) is 0.312. The fraction of sp³-hybridized carbons (Fsp3) is 0.176. The van der Waals surface area contributed by atoms with Gasteiger partial charge in [-0.25, -0.2) is 9.37 Å². The number of rotatable bonds is 5. The summed E-state index contributed by atoms with van der Waals surface area (Å²) >= 11 is 1.26. The first-order valence-corrected chi connectivity index (χ1v) is 8.03. The topological polar surface area (TPSA) is 51.2 Å². The average Bonchev–Trinajstić information content (AvgIpc) is 2.90. The molecule has 2 aromatic carbocycles. The van der Waals surface area contributed by atoms with Crippen LogP contribution in [0.1, 0.15) is 12.5 Å². The van der Waals surface area contributed by atoms with Crippen molar-refractivity contribution >= 4 is 32.6 Å². The lowest BCUT2D eigenvalue weighted by Gasteiger charge is -2.05. The van der Waals surface area contributed by atoms with Crippen molar-refractivity contribution in [2.75, 3.05) is 11.9 Å². The highest BCUT2D eigenvalue weighted by molar-refractivity contribution is 7.22. The molecule has 0 spiro atoms. The number of hydrogen-bond acceptors (Lipinski definition) is 4. The molecule has 118 valence electrons. The Morgan fingerprint density at radius 2 is 2.04 bits per heavy atom. The van der Waals surface area contributed by atoms with Gasteiger partial charge in [-0.1, -0.05) is 23.5 Å². The Morgan fingerprint density at radius 3 is 2.78 bits per heavy atom. The Balaban J connectivity index is 1.65. The van der Waals surface area contributed by atoms with Crippen molar-refractivity contribution in [3.05, 3.63) is 53.8 Å². The average molecular weight is 330 g/mol. The zero-order valence-corrected chi connectivity index (χ0v) is 13.3. The standard InChI is InChI=1S/C17H15FN2O2S/c1-2-22-13-6-3-11(4-7-13)9-16(21)20-17-19-14-8-5-12(18)10-15(14)23-17/h3-8,10H,2,9H2,1H3,(H,19,20,21). The zero-order chi connectivity index (χ0) is 16.2. The third-order valence-corrected chi connectivity index (χ3v) is 4.13. The molecule has 0 saturated carbocycles. The molecule has 1 amide bonds. The number of carbonyl (C=O) groups is 1. The number of nitrogens with one attached hydrogen (secondary N) is 1. The fourth-order valence-corrected chi connectivity index (χ4v) is 3.08. The van der Waals surface area contributed by atoms with E-state index in [2.05, 4.69) is 10.3 Å². The van der Waals surface area contributed by atoms with E-state index in [0.717, 1.165) is 11.3 Å². The third-order valence-electron chi connectivity index (χ3n) is 3.20. The summed E-state index contributed by atoms with van der Waals surface area (Å²) in [5, 5.41) is 3.23. The van der Waals surface area contributed by atoms with Crippen LogP contribution in [0.4, 0.5) is 9.52 Å². The molecular formula is C17H15FN2O2S. The molecule has 0 bridgehead atoms. The monoisotopic (exact) mass is 330 g/mol. The Hall–Kier alpha value is -2.47. The summed E-state index contributed by atoms with van der Waals surface area (Å²) in [5.41, 5.74) is 1.56. The Labute approximate surface area is 136 Å². The van der Waals surface area contributed by atoms with Gasteiger partial charge in [0.1, 0.15) is 11.6 Å². The van der Waals surface area contributed by atoms with Gasteiger partial charge in [0.15, 0.2) is 5.13 Å². The highest BCUT2D eigenvalue weighted by atomic mass is 32.1. The van der Waals surface area contributed by atoms with Crippen molar-refractivity contribution in [1.82, 2.24) is 4.98 Å². The van der Waals surface area contributed by atoms with Crippen LogP contribution < -0.4 is 10.1 Å². The summed E-state index contributed by atoms with van der Waals surface area (Å²) in [7, 11) is 0. The molecule has 23 heavy (non-hydrogen) atoms. The lowest BCUT2D eigenvalue weighted by Crippen LogP contribution is -2.14. The number of nitrogens with zero attached hydrogens (tertiary/aromatic N) is 1. The number of amides is 1. The number of fused-ring (bicyclic) bond motifs is 1. The van der Waals surface area contributed by atoms with Gasteiger partial charge in [0, 0.05) is 0 Å². The van der Waals surface area contributed by atoms with E-state index >= 15 is 0 Å². The van der Waals surface area contributed by atoms with Crippen molar-refractivity contribution in [3.8, 4) is 5.75 Å². The number of ether oxygens (including phenoxy) is 1. The summed E-state index contributed by atoms with van der Waals surface area (Å²) in [6.45, 7) is 2.53. The molecule has 1 aromatic heterocycles. The molecule has 0 aliphatic heterocycles. The maximum atomic E-state index is 13.2. The largest absolute Gasteiger partial charge is 0.494 e. The van der Waals surface area contributed by atoms with E-state index in [9.17, 15) is 9.18 Å². The fourth-order valence-electron chi connectivity index (χ4n) is 2.17. The second-order valence-corrected chi connectivity index (χ2v) is 5.96. The Morgan fingerprint density at radius 1 is 1.26 bits per heavy atom. The number of halogens is 1. The van der Waals surface area contributed by atoms with E-state index in [1.165, 1.54) is 23.5 Å². The molecule has 0 aliphatic rings. The quantitative estimate of drug-likeness (QED) is 0.769. The predicted octanol–water partition coefficient (Wildman–Crippen LogP) is 4.02. The van der Waals surface area contributed by atoms with Gasteiger partial charge < -0.3 is 10.1 Å². The number of carbonyl (C=O) groups excluding carboxylic acids is 1. The number of aromatic nitrogens is 1. The van der Waals surface area contributed by atoms with Crippen LogP contribution >= 0.6 is 11.3 Å². The van der Waals surface area contributed by atoms with E-state index in [0.29, 0.717) is 22.0 Å². The normalized spacial score (nSPS) is 10.7. The first kappa shape index (κ1) is 15.4. The van der Waals surface area contributed by atoms with Gasteiger partial charge in [-0.3, -0.25) is 4.79 Å². The Bertz CT molecular complexity index is 830. The Kier molecular flexibility index (Phi) is 4.52. The molecule has 0 saturated heterocycles. The second-order valence-electron chi connectivity index (χ2n) is 4.93. The van der Waals surface area contributed by atoms with Crippen molar-refractivity contribution in [1.29, 1.82) is 0 Å². The zero-order valence-electron chi connectivity index (χ0n) is 12.5. The number of hydrogen-bond donors (Lipinski definition) is 1. The molecule has 4 nitrogen and oxygen atoms in total. The van der Waals surface area contributed by atoms with Crippen LogP contribution in [-0.2, 0) is 11.2 Å². The van der Waals surface area contributed by atoms with E-state index in [1.807, 2.05) is 31.2 Å². The van der Waals surface area contributed by atoms with Crippen LogP contribution in [0.3, 0.4) is 0 Å². The predicted molar refractivity (Wildman–Crippen MR) is 89.5 cm³/mol. The summed E-state index contributed by atoms with van der Waals surface area (Å²) in [6.07, 6.45) is 0.247. The summed E-state index contributed by atoms with van der Waals surface area (Å²) < 4.78 is 19.2. The van der Waals surface area contributed by atoms with E-state index in [4.69, 9.17) is 4.74 Å². The summed E-state index contributed by atoms with van der Waals surface area (Å²) in [6, 6.07) is 11.8. The number of thiazole rings is 1. The maximum absolute atomic E-state index is 13.2. The van der Waals surface area contributed by atoms with Crippen LogP contribution in [0.25, 0.3) is 10.2 Å². The van der Waals surface area contributed by atoms with Crippen molar-refractivity contribution in [2.45, 2.75) is 13.3 Å².